The number of nitrogens with zero attached hydrogens (tertiary/aromatic N) is 1. The van der Waals surface area contributed by atoms with Crippen molar-refractivity contribution in [1.29, 1.82) is 0 Å². The van der Waals surface area contributed by atoms with Gasteiger partial charge in [0.1, 0.15) is 16.5 Å². The van der Waals surface area contributed by atoms with Crippen molar-refractivity contribution in [3.63, 3.8) is 0 Å². The maximum absolute atomic E-state index is 12.8. The number of carbonyl (C=O) groups is 3. The molecule has 1 aromatic heterocycles. The van der Waals surface area contributed by atoms with E-state index in [0.717, 1.165) is 12.0 Å². The second kappa shape index (κ2) is 9.49. The molecular formula is C20H28BrN5O5. The van der Waals surface area contributed by atoms with Gasteiger partial charge in [0.2, 0.25) is 11.8 Å². The second-order valence-electron chi connectivity index (χ2n) is 8.50. The van der Waals surface area contributed by atoms with E-state index >= 15 is 0 Å². The molecule has 5 N–H and O–H groups in total. The van der Waals surface area contributed by atoms with Crippen molar-refractivity contribution in [2.75, 3.05) is 19.0 Å². The zero-order valence-electron chi connectivity index (χ0n) is 17.7. The van der Waals surface area contributed by atoms with Crippen LogP contribution in [0.4, 0.5) is 10.6 Å². The fourth-order valence-electron chi connectivity index (χ4n) is 4.04. The number of ether oxygens (including phenoxy) is 1. The summed E-state index contributed by atoms with van der Waals surface area (Å²) in [6.07, 6.45) is 0.209. The van der Waals surface area contributed by atoms with Gasteiger partial charge >= 0.3 is 6.09 Å². The van der Waals surface area contributed by atoms with Crippen LogP contribution < -0.4 is 21.3 Å². The van der Waals surface area contributed by atoms with E-state index < -0.39 is 18.2 Å². The van der Waals surface area contributed by atoms with Gasteiger partial charge in [-0.3, -0.25) is 9.59 Å². The predicted octanol–water partition coefficient (Wildman–Crippen LogP) is 1.46. The molecule has 1 aliphatic carbocycles. The fourth-order valence-corrected chi connectivity index (χ4v) is 4.35. The summed E-state index contributed by atoms with van der Waals surface area (Å²) in [5.74, 6) is -0.269. The van der Waals surface area contributed by atoms with Crippen molar-refractivity contribution in [3.05, 3.63) is 22.3 Å². The van der Waals surface area contributed by atoms with Gasteiger partial charge in [0.15, 0.2) is 0 Å². The minimum atomic E-state index is -1.23. The first-order valence-electron chi connectivity index (χ1n) is 10.1. The molecule has 1 saturated heterocycles. The Morgan fingerprint density at radius 2 is 2.10 bits per heavy atom. The van der Waals surface area contributed by atoms with Gasteiger partial charge in [0.25, 0.3) is 0 Å². The number of nitrogens with one attached hydrogen (secondary N) is 4. The van der Waals surface area contributed by atoms with E-state index in [4.69, 9.17) is 9.84 Å². The second-order valence-corrected chi connectivity index (χ2v) is 9.31. The third-order valence-electron chi connectivity index (χ3n) is 5.85. The molecule has 1 aliphatic heterocycles. The van der Waals surface area contributed by atoms with E-state index in [1.54, 1.807) is 27.0 Å². The highest BCUT2D eigenvalue weighted by Gasteiger charge is 2.61. The SMILES string of the molecule is COCc1ccc(Br)nc1NC(=O)[C@@H]1C[C@@]2(CNC(=O)[C@@H](NC(=O)O)C(C)C)C[C@H]2N1. The van der Waals surface area contributed by atoms with Crippen LogP contribution >= 0.6 is 15.9 Å². The van der Waals surface area contributed by atoms with E-state index in [1.165, 1.54) is 0 Å². The molecule has 170 valence electrons. The van der Waals surface area contributed by atoms with E-state index in [2.05, 4.69) is 42.2 Å². The molecule has 0 unspecified atom stereocenters. The lowest BCUT2D eigenvalue weighted by Crippen LogP contribution is -2.50. The number of methoxy groups -OCH3 is 1. The van der Waals surface area contributed by atoms with Crippen LogP contribution in [0.3, 0.4) is 0 Å². The van der Waals surface area contributed by atoms with Crippen LogP contribution in [-0.2, 0) is 20.9 Å². The Bertz CT molecular complexity index is 866. The number of hydrogen-bond acceptors (Lipinski definition) is 6. The highest BCUT2D eigenvalue weighted by Crippen LogP contribution is 2.54. The standard InChI is InChI=1S/C20H28BrN5O5/c1-10(2)15(25-19(29)30)18(28)22-9-20-6-12(23-13(20)7-20)17(27)26-16-11(8-31-3)4-5-14(21)24-16/h4-5,10,12-13,15,23,25H,6-9H2,1-3H3,(H,22,28)(H,29,30)(H,24,26,27)/t12-,13+,15-,20-/m0/s1. The Morgan fingerprint density at radius 1 is 1.35 bits per heavy atom. The first-order chi connectivity index (χ1) is 14.6. The lowest BCUT2D eigenvalue weighted by Gasteiger charge is -2.22. The number of carbonyl (C=O) groups excluding carboxylic acids is 2. The maximum Gasteiger partial charge on any atom is 0.405 e. The molecular weight excluding hydrogens is 470 g/mol. The number of amides is 3. The highest BCUT2D eigenvalue weighted by atomic mass is 79.9. The molecule has 2 heterocycles. The summed E-state index contributed by atoms with van der Waals surface area (Å²) in [5.41, 5.74) is 0.581. The van der Waals surface area contributed by atoms with E-state index in [9.17, 15) is 14.4 Å². The Hall–Kier alpha value is -2.24. The molecule has 1 saturated carbocycles. The highest BCUT2D eigenvalue weighted by molar-refractivity contribution is 9.10. The number of hydrogen-bond donors (Lipinski definition) is 5. The number of carboxylic acid groups (broad SMARTS) is 1. The Morgan fingerprint density at radius 3 is 2.74 bits per heavy atom. The van der Waals surface area contributed by atoms with Crippen LogP contribution in [0.5, 0.6) is 0 Å². The zero-order chi connectivity index (χ0) is 22.8. The molecule has 0 aromatic carbocycles. The van der Waals surface area contributed by atoms with E-state index in [1.807, 2.05) is 6.07 Å². The molecule has 3 rings (SSSR count). The monoisotopic (exact) mass is 497 g/mol. The lowest BCUT2D eigenvalue weighted by molar-refractivity contribution is -0.124. The van der Waals surface area contributed by atoms with Crippen molar-refractivity contribution < 1.29 is 24.2 Å². The molecule has 31 heavy (non-hydrogen) atoms. The first-order valence-corrected chi connectivity index (χ1v) is 10.9. The Balaban J connectivity index is 1.57. The average molecular weight is 498 g/mol. The quantitative estimate of drug-likeness (QED) is 0.325. The summed E-state index contributed by atoms with van der Waals surface area (Å²) in [7, 11) is 1.58. The van der Waals surface area contributed by atoms with Gasteiger partial charge in [0, 0.05) is 30.7 Å². The molecule has 2 aliphatic rings. The molecule has 0 bridgehead atoms. The molecule has 4 atom stereocenters. The summed E-state index contributed by atoms with van der Waals surface area (Å²) in [6, 6.07) is 2.55. The minimum absolute atomic E-state index is 0.141. The maximum atomic E-state index is 12.8. The predicted molar refractivity (Wildman–Crippen MR) is 116 cm³/mol. The third-order valence-corrected chi connectivity index (χ3v) is 6.29. The van der Waals surface area contributed by atoms with Crippen LogP contribution in [0.25, 0.3) is 0 Å². The molecule has 3 amide bonds. The van der Waals surface area contributed by atoms with Crippen molar-refractivity contribution in [1.82, 2.24) is 20.9 Å². The average Bonchev–Trinajstić information content (AvgIpc) is 3.25. The van der Waals surface area contributed by atoms with Gasteiger partial charge in [-0.2, -0.15) is 0 Å². The molecule has 10 nitrogen and oxygen atoms in total. The summed E-state index contributed by atoms with van der Waals surface area (Å²) in [5, 5.41) is 20.3. The number of aromatic nitrogens is 1. The van der Waals surface area contributed by atoms with Crippen LogP contribution in [0, 0.1) is 11.3 Å². The molecule has 0 radical (unpaired) electrons. The minimum Gasteiger partial charge on any atom is -0.465 e. The van der Waals surface area contributed by atoms with Crippen molar-refractivity contribution in [3.8, 4) is 0 Å². The van der Waals surface area contributed by atoms with Gasteiger partial charge in [-0.15, -0.1) is 0 Å². The van der Waals surface area contributed by atoms with Crippen molar-refractivity contribution in [2.45, 2.75) is 51.4 Å². The zero-order valence-corrected chi connectivity index (χ0v) is 19.3. The number of anilines is 1. The summed E-state index contributed by atoms with van der Waals surface area (Å²) in [4.78, 5) is 40.6. The largest absolute Gasteiger partial charge is 0.465 e. The van der Waals surface area contributed by atoms with Crippen LogP contribution in [0.15, 0.2) is 16.7 Å². The van der Waals surface area contributed by atoms with E-state index in [0.29, 0.717) is 30.0 Å². The summed E-state index contributed by atoms with van der Waals surface area (Å²) in [6.45, 7) is 4.28. The molecule has 11 heteroatoms. The van der Waals surface area contributed by atoms with Crippen LogP contribution in [0.1, 0.15) is 32.3 Å². The van der Waals surface area contributed by atoms with Crippen LogP contribution in [-0.4, -0.2) is 59.8 Å². The normalized spacial score (nSPS) is 24.9. The smallest absolute Gasteiger partial charge is 0.405 e. The number of rotatable bonds is 9. The molecule has 1 aromatic rings. The van der Waals surface area contributed by atoms with E-state index in [-0.39, 0.29) is 29.2 Å². The summed E-state index contributed by atoms with van der Waals surface area (Å²) >= 11 is 3.32. The number of pyridine rings is 1. The van der Waals surface area contributed by atoms with Crippen LogP contribution in [0.2, 0.25) is 0 Å². The van der Waals surface area contributed by atoms with Gasteiger partial charge in [-0.25, -0.2) is 9.78 Å². The van der Waals surface area contributed by atoms with Gasteiger partial charge in [0.05, 0.1) is 12.6 Å². The van der Waals surface area contributed by atoms with Gasteiger partial charge < -0.3 is 31.1 Å². The summed E-state index contributed by atoms with van der Waals surface area (Å²) < 4.78 is 5.78. The molecule has 2 fully saturated rings. The number of halogens is 1. The Kier molecular flexibility index (Phi) is 7.17. The first kappa shape index (κ1) is 23.4. The molecule has 0 spiro atoms. The van der Waals surface area contributed by atoms with Gasteiger partial charge in [-0.05, 0) is 40.8 Å². The number of piperidine rings is 1. The lowest BCUT2D eigenvalue weighted by atomic mass is 9.98. The fraction of sp³-hybridized carbons (Fsp3) is 0.600. The van der Waals surface area contributed by atoms with Gasteiger partial charge in [-0.1, -0.05) is 19.9 Å². The van der Waals surface area contributed by atoms with Crippen molar-refractivity contribution >= 4 is 39.7 Å². The van der Waals surface area contributed by atoms with Crippen molar-refractivity contribution in [2.24, 2.45) is 11.3 Å². The Labute approximate surface area is 189 Å². The number of fused-ring (bicyclic) bond motifs is 1. The topological polar surface area (TPSA) is 142 Å². The third kappa shape index (κ3) is 5.52.